The topological polar surface area (TPSA) is 32.8 Å². The summed E-state index contributed by atoms with van der Waals surface area (Å²) >= 11 is 0. The Labute approximate surface area is 127 Å². The molecule has 1 amide bonds. The predicted molar refractivity (Wildman–Crippen MR) is 85.6 cm³/mol. The number of carbonyl (C=O) groups is 1. The van der Waals surface area contributed by atoms with Crippen LogP contribution in [0.4, 0.5) is 0 Å². The summed E-state index contributed by atoms with van der Waals surface area (Å²) in [7, 11) is 3.75. The van der Waals surface area contributed by atoms with Gasteiger partial charge in [-0.3, -0.25) is 4.79 Å². The molecule has 0 saturated carbocycles. The van der Waals surface area contributed by atoms with Crippen LogP contribution in [0.25, 0.3) is 6.08 Å². The fourth-order valence-corrected chi connectivity index (χ4v) is 2.60. The highest BCUT2D eigenvalue weighted by Gasteiger charge is 2.16. The Kier molecular flexibility index (Phi) is 5.02. The van der Waals surface area contributed by atoms with Crippen LogP contribution in [-0.4, -0.2) is 56.0 Å². The van der Waals surface area contributed by atoms with E-state index in [9.17, 15) is 4.79 Å². The minimum absolute atomic E-state index is 0.0951. The second-order valence-corrected chi connectivity index (χ2v) is 5.64. The number of likely N-dealkylation sites (N-methyl/N-ethyl adjacent to an activating group) is 1. The molecule has 4 heteroatoms. The van der Waals surface area contributed by atoms with Gasteiger partial charge in [0.1, 0.15) is 5.75 Å². The molecule has 0 atom stereocenters. The average Bonchev–Trinajstić information content (AvgIpc) is 2.46. The summed E-state index contributed by atoms with van der Waals surface area (Å²) in [6, 6.07) is 3.99. The fourth-order valence-electron chi connectivity index (χ4n) is 2.60. The number of ether oxygens (including phenoxy) is 1. The number of aryl methyl sites for hydroxylation is 2. The molecule has 1 heterocycles. The summed E-state index contributed by atoms with van der Waals surface area (Å²) in [6.07, 6.45) is 3.61. The van der Waals surface area contributed by atoms with E-state index in [0.29, 0.717) is 0 Å². The zero-order valence-corrected chi connectivity index (χ0v) is 13.3. The Bertz CT molecular complexity index is 521. The highest BCUT2D eigenvalue weighted by molar-refractivity contribution is 5.92. The molecule has 0 aromatic heterocycles. The number of nitrogens with zero attached hydrogens (tertiary/aromatic N) is 2. The van der Waals surface area contributed by atoms with Gasteiger partial charge >= 0.3 is 0 Å². The number of amides is 1. The third kappa shape index (κ3) is 3.85. The molecule has 1 aromatic rings. The average molecular weight is 288 g/mol. The van der Waals surface area contributed by atoms with E-state index in [-0.39, 0.29) is 5.91 Å². The van der Waals surface area contributed by atoms with E-state index in [2.05, 4.69) is 11.9 Å². The first-order valence-corrected chi connectivity index (χ1v) is 7.32. The van der Waals surface area contributed by atoms with Gasteiger partial charge in [-0.15, -0.1) is 0 Å². The number of hydrogen-bond acceptors (Lipinski definition) is 3. The fraction of sp³-hybridized carbons (Fsp3) is 0.471. The molecule has 1 aromatic carbocycles. The third-order valence-electron chi connectivity index (χ3n) is 4.01. The SMILES string of the molecule is COc1cc(C)c(/C=C/C(=O)N2CCN(C)CC2)c(C)c1. The van der Waals surface area contributed by atoms with Gasteiger partial charge in [0.05, 0.1) is 7.11 Å². The second kappa shape index (κ2) is 6.76. The van der Waals surface area contributed by atoms with Gasteiger partial charge in [0.15, 0.2) is 0 Å². The van der Waals surface area contributed by atoms with Gasteiger partial charge in [0.2, 0.25) is 5.91 Å². The van der Waals surface area contributed by atoms with Crippen LogP contribution < -0.4 is 4.74 Å². The van der Waals surface area contributed by atoms with E-state index < -0.39 is 0 Å². The maximum Gasteiger partial charge on any atom is 0.246 e. The number of methoxy groups -OCH3 is 1. The van der Waals surface area contributed by atoms with E-state index in [1.165, 1.54) is 0 Å². The highest BCUT2D eigenvalue weighted by atomic mass is 16.5. The second-order valence-electron chi connectivity index (χ2n) is 5.64. The molecule has 1 aliphatic rings. The van der Waals surface area contributed by atoms with Crippen molar-refractivity contribution >= 4 is 12.0 Å². The molecule has 1 saturated heterocycles. The van der Waals surface area contributed by atoms with Gasteiger partial charge in [0, 0.05) is 32.3 Å². The van der Waals surface area contributed by atoms with E-state index in [1.54, 1.807) is 13.2 Å². The maximum absolute atomic E-state index is 12.2. The van der Waals surface area contributed by atoms with Crippen molar-refractivity contribution < 1.29 is 9.53 Å². The van der Waals surface area contributed by atoms with E-state index in [0.717, 1.165) is 48.6 Å². The van der Waals surface area contributed by atoms with Crippen molar-refractivity contribution in [3.05, 3.63) is 34.9 Å². The molecular formula is C17H24N2O2. The van der Waals surface area contributed by atoms with Gasteiger partial charge in [-0.25, -0.2) is 0 Å². The number of benzene rings is 1. The monoisotopic (exact) mass is 288 g/mol. The molecule has 4 nitrogen and oxygen atoms in total. The van der Waals surface area contributed by atoms with Crippen molar-refractivity contribution in [2.45, 2.75) is 13.8 Å². The molecular weight excluding hydrogens is 264 g/mol. The van der Waals surface area contributed by atoms with Crippen molar-refractivity contribution in [2.75, 3.05) is 40.3 Å². The van der Waals surface area contributed by atoms with Gasteiger partial charge in [-0.05, 0) is 55.8 Å². The molecule has 1 aliphatic heterocycles. The molecule has 0 bridgehead atoms. The van der Waals surface area contributed by atoms with Crippen molar-refractivity contribution in [3.8, 4) is 5.75 Å². The van der Waals surface area contributed by atoms with Gasteiger partial charge in [0.25, 0.3) is 0 Å². The smallest absolute Gasteiger partial charge is 0.246 e. The molecule has 0 aliphatic carbocycles. The van der Waals surface area contributed by atoms with Crippen LogP contribution in [0.15, 0.2) is 18.2 Å². The summed E-state index contributed by atoms with van der Waals surface area (Å²) < 4.78 is 5.26. The van der Waals surface area contributed by atoms with Crippen LogP contribution in [0.5, 0.6) is 5.75 Å². The van der Waals surface area contributed by atoms with Crippen molar-refractivity contribution in [2.24, 2.45) is 0 Å². The zero-order valence-electron chi connectivity index (χ0n) is 13.3. The zero-order chi connectivity index (χ0) is 15.4. The van der Waals surface area contributed by atoms with Crippen molar-refractivity contribution in [3.63, 3.8) is 0 Å². The van der Waals surface area contributed by atoms with Crippen LogP contribution in [0.3, 0.4) is 0 Å². The summed E-state index contributed by atoms with van der Waals surface area (Å²) in [6.45, 7) is 7.58. The van der Waals surface area contributed by atoms with E-state index in [4.69, 9.17) is 4.74 Å². The molecule has 0 N–H and O–H groups in total. The lowest BCUT2D eigenvalue weighted by Gasteiger charge is -2.31. The molecule has 0 unspecified atom stereocenters. The van der Waals surface area contributed by atoms with Crippen LogP contribution in [0.2, 0.25) is 0 Å². The molecule has 0 spiro atoms. The standard InChI is InChI=1S/C17H24N2O2/c1-13-11-15(21-4)12-14(2)16(13)5-6-17(20)19-9-7-18(3)8-10-19/h5-6,11-12H,7-10H2,1-4H3/b6-5+. The predicted octanol–water partition coefficient (Wildman–Crippen LogP) is 2.10. The Morgan fingerprint density at radius 3 is 2.24 bits per heavy atom. The van der Waals surface area contributed by atoms with Crippen LogP contribution in [-0.2, 0) is 4.79 Å². The normalized spacial score (nSPS) is 16.5. The Hall–Kier alpha value is -1.81. The van der Waals surface area contributed by atoms with E-state index in [1.807, 2.05) is 37.0 Å². The number of carbonyl (C=O) groups excluding carboxylic acids is 1. The van der Waals surface area contributed by atoms with Crippen molar-refractivity contribution in [1.82, 2.24) is 9.80 Å². The molecule has 21 heavy (non-hydrogen) atoms. The first-order chi connectivity index (χ1) is 10.0. The van der Waals surface area contributed by atoms with Crippen LogP contribution >= 0.6 is 0 Å². The summed E-state index contributed by atoms with van der Waals surface area (Å²) in [5.74, 6) is 0.949. The third-order valence-corrected chi connectivity index (χ3v) is 4.01. The first-order valence-electron chi connectivity index (χ1n) is 7.32. The first kappa shape index (κ1) is 15.6. The molecule has 2 rings (SSSR count). The molecule has 1 fully saturated rings. The number of piperazine rings is 1. The Morgan fingerprint density at radius 2 is 1.71 bits per heavy atom. The Morgan fingerprint density at radius 1 is 1.14 bits per heavy atom. The minimum atomic E-state index is 0.0951. The Balaban J connectivity index is 2.09. The lowest BCUT2D eigenvalue weighted by atomic mass is 10.0. The highest BCUT2D eigenvalue weighted by Crippen LogP contribution is 2.22. The van der Waals surface area contributed by atoms with Crippen molar-refractivity contribution in [1.29, 1.82) is 0 Å². The van der Waals surface area contributed by atoms with E-state index >= 15 is 0 Å². The lowest BCUT2D eigenvalue weighted by Crippen LogP contribution is -2.46. The summed E-state index contributed by atoms with van der Waals surface area (Å²) in [5.41, 5.74) is 3.34. The summed E-state index contributed by atoms with van der Waals surface area (Å²) in [5, 5.41) is 0. The lowest BCUT2D eigenvalue weighted by molar-refractivity contribution is -0.127. The van der Waals surface area contributed by atoms with Crippen LogP contribution in [0.1, 0.15) is 16.7 Å². The molecule has 114 valence electrons. The quantitative estimate of drug-likeness (QED) is 0.799. The molecule has 0 radical (unpaired) electrons. The maximum atomic E-state index is 12.2. The van der Waals surface area contributed by atoms with Crippen LogP contribution in [0, 0.1) is 13.8 Å². The van der Waals surface area contributed by atoms with Gasteiger partial charge in [-0.2, -0.15) is 0 Å². The van der Waals surface area contributed by atoms with Gasteiger partial charge < -0.3 is 14.5 Å². The largest absolute Gasteiger partial charge is 0.497 e. The van der Waals surface area contributed by atoms with Gasteiger partial charge in [-0.1, -0.05) is 0 Å². The minimum Gasteiger partial charge on any atom is -0.497 e. The summed E-state index contributed by atoms with van der Waals surface area (Å²) in [4.78, 5) is 16.4. The number of hydrogen-bond donors (Lipinski definition) is 0. The number of rotatable bonds is 3.